The summed E-state index contributed by atoms with van der Waals surface area (Å²) in [5.74, 6) is 1.67. The summed E-state index contributed by atoms with van der Waals surface area (Å²) in [7, 11) is 1.88. The number of hydrogen-bond donors (Lipinski definition) is 2. The average molecular weight is 665 g/mol. The second-order valence-electron chi connectivity index (χ2n) is 13.3. The van der Waals surface area contributed by atoms with Gasteiger partial charge in [-0.25, -0.2) is 19.2 Å². The molecule has 0 radical (unpaired) electrons. The Bertz CT molecular complexity index is 1780. The molecule has 3 fully saturated rings. The zero-order chi connectivity index (χ0) is 33.8. The molecule has 1 aliphatic carbocycles. The van der Waals surface area contributed by atoms with Crippen molar-refractivity contribution < 1.29 is 13.9 Å². The number of ether oxygens (including phenoxy) is 1. The number of amides is 2. The van der Waals surface area contributed by atoms with E-state index < -0.39 is 11.8 Å². The van der Waals surface area contributed by atoms with Gasteiger partial charge in [0.25, 0.3) is 0 Å². The van der Waals surface area contributed by atoms with Crippen molar-refractivity contribution in [1.29, 1.82) is 5.26 Å². The molecule has 1 aromatic carbocycles. The van der Waals surface area contributed by atoms with Crippen LogP contribution in [-0.4, -0.2) is 74.3 Å². The van der Waals surface area contributed by atoms with Crippen LogP contribution in [0.4, 0.5) is 26.8 Å². The lowest BCUT2D eigenvalue weighted by molar-refractivity contribution is -0.0156. The number of pyridine rings is 1. The Hall–Kier alpha value is -5.09. The number of nitriles is 1. The number of alkyl halides is 1. The molecule has 4 aromatic rings. The Morgan fingerprint density at radius 1 is 1.06 bits per heavy atom. The number of benzene rings is 1. The number of carbonyl (C=O) groups is 1. The number of aromatic nitrogens is 5. The number of anilines is 3. The van der Waals surface area contributed by atoms with Crippen LogP contribution in [0.3, 0.4) is 0 Å². The summed E-state index contributed by atoms with van der Waals surface area (Å²) in [4.78, 5) is 31.6. The van der Waals surface area contributed by atoms with E-state index in [2.05, 4.69) is 31.7 Å². The van der Waals surface area contributed by atoms with Gasteiger partial charge in [-0.2, -0.15) is 15.3 Å². The molecule has 7 rings (SSSR count). The van der Waals surface area contributed by atoms with Crippen LogP contribution in [-0.2, 0) is 18.3 Å². The highest BCUT2D eigenvalue weighted by molar-refractivity contribution is 5.91. The fourth-order valence-corrected chi connectivity index (χ4v) is 7.27. The number of carbonyl (C=O) groups excluding carboxylic acids is 1. The molecule has 2 saturated heterocycles. The van der Waals surface area contributed by atoms with Crippen molar-refractivity contribution in [2.24, 2.45) is 7.05 Å². The van der Waals surface area contributed by atoms with Gasteiger partial charge < -0.3 is 20.3 Å². The summed E-state index contributed by atoms with van der Waals surface area (Å²) in [6.07, 6.45) is 11.1. The van der Waals surface area contributed by atoms with E-state index in [1.165, 1.54) is 0 Å². The molecule has 13 heteroatoms. The van der Waals surface area contributed by atoms with Gasteiger partial charge in [-0.3, -0.25) is 9.58 Å². The maximum atomic E-state index is 13.9. The summed E-state index contributed by atoms with van der Waals surface area (Å²) in [5, 5.41) is 20.7. The van der Waals surface area contributed by atoms with Gasteiger partial charge in [-0.15, -0.1) is 0 Å². The number of nitrogens with one attached hydrogen (secondary N) is 2. The molecule has 3 aromatic heterocycles. The summed E-state index contributed by atoms with van der Waals surface area (Å²) >= 11 is 0. The van der Waals surface area contributed by atoms with Crippen molar-refractivity contribution in [1.82, 2.24) is 30.0 Å². The Balaban J connectivity index is 1.02. The molecule has 1 spiro atoms. The van der Waals surface area contributed by atoms with Gasteiger partial charge in [0, 0.05) is 68.7 Å². The minimum atomic E-state index is -0.906. The van der Waals surface area contributed by atoms with Crippen molar-refractivity contribution in [2.45, 2.75) is 75.3 Å². The van der Waals surface area contributed by atoms with Crippen LogP contribution in [0.1, 0.15) is 56.1 Å². The molecule has 2 aliphatic heterocycles. The fraction of sp³-hybridized carbons (Fsp3) is 0.444. The largest absolute Gasteiger partial charge is 0.372 e. The van der Waals surface area contributed by atoms with Gasteiger partial charge in [-0.1, -0.05) is 30.3 Å². The highest BCUT2D eigenvalue weighted by Crippen LogP contribution is 2.38. The molecule has 1 unspecified atom stereocenters. The minimum Gasteiger partial charge on any atom is -0.372 e. The van der Waals surface area contributed by atoms with Crippen LogP contribution in [0.15, 0.2) is 67.3 Å². The number of rotatable bonds is 8. The van der Waals surface area contributed by atoms with Crippen LogP contribution < -0.4 is 20.4 Å². The second-order valence-corrected chi connectivity index (χ2v) is 13.3. The zero-order valence-corrected chi connectivity index (χ0v) is 27.6. The van der Waals surface area contributed by atoms with E-state index in [1.54, 1.807) is 28.2 Å². The highest BCUT2D eigenvalue weighted by atomic mass is 19.1. The average Bonchev–Trinajstić information content (AvgIpc) is 3.74. The zero-order valence-electron chi connectivity index (χ0n) is 27.6. The first kappa shape index (κ1) is 32.5. The van der Waals surface area contributed by atoms with Crippen molar-refractivity contribution >= 4 is 23.6 Å². The Morgan fingerprint density at radius 3 is 2.51 bits per heavy atom. The van der Waals surface area contributed by atoms with Crippen LogP contribution in [0, 0.1) is 11.3 Å². The molecule has 254 valence electrons. The molecular formula is C36H41FN10O2. The number of halogens is 1. The molecule has 12 nitrogen and oxygen atoms in total. The minimum absolute atomic E-state index is 0.0506. The van der Waals surface area contributed by atoms with Crippen LogP contribution >= 0.6 is 0 Å². The predicted molar refractivity (Wildman–Crippen MR) is 184 cm³/mol. The Morgan fingerprint density at radius 2 is 1.86 bits per heavy atom. The maximum absolute atomic E-state index is 13.9. The lowest BCUT2D eigenvalue weighted by Gasteiger charge is -2.39. The summed E-state index contributed by atoms with van der Waals surface area (Å²) in [6.45, 7) is 1.86. The van der Waals surface area contributed by atoms with E-state index in [1.807, 2.05) is 55.7 Å². The standard InChI is InChI=1S/C36H41FN10O2/c1-45-23-28(22-42-45)26-7-12-32(39-20-26)47(35(48)41-19-25-5-3-2-4-6-25)31-10-8-30(9-11-31)43-34-40-21-27(18-38)33(44-34)46-15-13-36(14-16-46)17-29(37)24-49-36/h2-7,12,20-23,29-31H,8-11,13-17,19,24H2,1H3,(H,41,48)(H,40,43,44)/t29?,30-,31-. The Kier molecular flexibility index (Phi) is 9.39. The van der Waals surface area contributed by atoms with Gasteiger partial charge in [0.05, 0.1) is 24.6 Å². The maximum Gasteiger partial charge on any atom is 0.323 e. The smallest absolute Gasteiger partial charge is 0.323 e. The third-order valence-corrected chi connectivity index (χ3v) is 9.96. The summed E-state index contributed by atoms with van der Waals surface area (Å²) in [6, 6.07) is 15.8. The van der Waals surface area contributed by atoms with Gasteiger partial charge in [0.2, 0.25) is 5.95 Å². The third-order valence-electron chi connectivity index (χ3n) is 9.96. The van der Waals surface area contributed by atoms with Gasteiger partial charge in [-0.05, 0) is 56.2 Å². The molecule has 1 atom stereocenters. The van der Waals surface area contributed by atoms with Gasteiger partial charge >= 0.3 is 6.03 Å². The normalized spacial score (nSPS) is 21.7. The number of hydrogen-bond acceptors (Lipinski definition) is 9. The number of nitrogens with zero attached hydrogens (tertiary/aromatic N) is 8. The quantitative estimate of drug-likeness (QED) is 0.254. The predicted octanol–water partition coefficient (Wildman–Crippen LogP) is 5.38. The molecule has 2 N–H and O–H groups in total. The molecule has 3 aliphatic rings. The number of aryl methyl sites for hydroxylation is 1. The lowest BCUT2D eigenvalue weighted by atomic mass is 9.88. The highest BCUT2D eigenvalue weighted by Gasteiger charge is 2.43. The van der Waals surface area contributed by atoms with Crippen molar-refractivity contribution in [3.05, 3.63) is 78.4 Å². The topological polar surface area (TPSA) is 137 Å². The molecule has 49 heavy (non-hydrogen) atoms. The summed E-state index contributed by atoms with van der Waals surface area (Å²) < 4.78 is 21.5. The second kappa shape index (κ2) is 14.2. The first-order valence-corrected chi connectivity index (χ1v) is 17.0. The number of piperidine rings is 1. The van der Waals surface area contributed by atoms with Gasteiger partial charge in [0.15, 0.2) is 5.82 Å². The van der Waals surface area contributed by atoms with E-state index in [4.69, 9.17) is 14.7 Å². The third kappa shape index (κ3) is 7.34. The molecule has 1 saturated carbocycles. The molecular weight excluding hydrogens is 623 g/mol. The van der Waals surface area contributed by atoms with Crippen molar-refractivity contribution in [3.8, 4) is 17.2 Å². The fourth-order valence-electron chi connectivity index (χ4n) is 7.27. The first-order valence-electron chi connectivity index (χ1n) is 17.0. The van der Waals surface area contributed by atoms with Crippen molar-refractivity contribution in [3.63, 3.8) is 0 Å². The lowest BCUT2D eigenvalue weighted by Crippen LogP contribution is -2.49. The van der Waals surface area contributed by atoms with E-state index in [0.717, 1.165) is 42.4 Å². The first-order chi connectivity index (χ1) is 23.9. The van der Waals surface area contributed by atoms with E-state index >= 15 is 0 Å². The van der Waals surface area contributed by atoms with E-state index in [-0.39, 0.29) is 24.7 Å². The van der Waals surface area contributed by atoms with E-state index in [0.29, 0.717) is 62.0 Å². The molecule has 5 heterocycles. The monoisotopic (exact) mass is 664 g/mol. The molecule has 2 amide bonds. The van der Waals surface area contributed by atoms with Crippen LogP contribution in [0.25, 0.3) is 11.1 Å². The van der Waals surface area contributed by atoms with E-state index in [9.17, 15) is 14.4 Å². The Labute approximate surface area is 285 Å². The van der Waals surface area contributed by atoms with Crippen molar-refractivity contribution in [2.75, 3.05) is 34.8 Å². The van der Waals surface area contributed by atoms with Crippen LogP contribution in [0.5, 0.6) is 0 Å². The van der Waals surface area contributed by atoms with Crippen LogP contribution in [0.2, 0.25) is 0 Å². The molecule has 0 bridgehead atoms. The SMILES string of the molecule is Cn1cc(-c2ccc(N(C(=O)NCc3ccccc3)[C@H]3CC[C@H](Nc4ncc(C#N)c(N5CCC6(CC5)CC(F)CO6)n4)CC3)nc2)cn1. The number of urea groups is 1. The summed E-state index contributed by atoms with van der Waals surface area (Å²) in [5.41, 5.74) is 2.93. The van der Waals surface area contributed by atoms with Gasteiger partial charge in [0.1, 0.15) is 23.6 Å².